The largest absolute Gasteiger partial charge is 0.445 e. The Morgan fingerprint density at radius 1 is 1.03 bits per heavy atom. The Hall–Kier alpha value is -3.87. The number of Topliss-reactive ketones (excluding diaryl/α,β-unsaturated/α-hetero) is 1. The summed E-state index contributed by atoms with van der Waals surface area (Å²) in [4.78, 5) is 32.8. The van der Waals surface area contributed by atoms with Gasteiger partial charge in [0.05, 0.1) is 28.0 Å². The first-order chi connectivity index (χ1) is 18.0. The molecule has 0 saturated heterocycles. The van der Waals surface area contributed by atoms with E-state index < -0.39 is 12.1 Å². The number of aliphatic imine (C=N–C) groups is 1. The van der Waals surface area contributed by atoms with Gasteiger partial charge in [-0.15, -0.1) is 0 Å². The number of hydrogen-bond acceptors (Lipinski definition) is 5. The Morgan fingerprint density at radius 2 is 1.81 bits per heavy atom. The molecule has 6 nitrogen and oxygen atoms in total. The molecular formula is C29H23Cl2N3O3. The molecule has 5 rings (SSSR count). The van der Waals surface area contributed by atoms with E-state index in [0.717, 1.165) is 28.0 Å². The fourth-order valence-corrected chi connectivity index (χ4v) is 4.58. The molecular weight excluding hydrogens is 509 g/mol. The first-order valence-corrected chi connectivity index (χ1v) is 12.5. The summed E-state index contributed by atoms with van der Waals surface area (Å²) < 4.78 is 5.39. The number of fused-ring (bicyclic) bond motifs is 1. The van der Waals surface area contributed by atoms with Crippen molar-refractivity contribution in [1.82, 2.24) is 5.32 Å². The average Bonchev–Trinajstić information content (AvgIpc) is 3.13. The van der Waals surface area contributed by atoms with Gasteiger partial charge < -0.3 is 15.0 Å². The smallest absolute Gasteiger partial charge is 0.408 e. The lowest BCUT2D eigenvalue weighted by molar-refractivity contribution is -0.116. The number of amides is 1. The molecule has 0 spiro atoms. The van der Waals surface area contributed by atoms with Crippen LogP contribution in [0.25, 0.3) is 5.57 Å². The summed E-state index contributed by atoms with van der Waals surface area (Å²) in [5.74, 6) is -0.253. The zero-order chi connectivity index (χ0) is 25.8. The van der Waals surface area contributed by atoms with Crippen LogP contribution in [0.4, 0.5) is 10.5 Å². The molecule has 1 amide bonds. The van der Waals surface area contributed by atoms with E-state index in [1.807, 2.05) is 77.9 Å². The van der Waals surface area contributed by atoms with Crippen molar-refractivity contribution in [3.05, 3.63) is 117 Å². The number of halogens is 2. The first kappa shape index (κ1) is 24.8. The predicted octanol–water partition coefficient (Wildman–Crippen LogP) is 6.08. The number of anilines is 1. The van der Waals surface area contributed by atoms with Crippen molar-refractivity contribution in [2.75, 3.05) is 18.0 Å². The zero-order valence-electron chi connectivity index (χ0n) is 19.7. The highest BCUT2D eigenvalue weighted by Gasteiger charge is 2.32. The number of ether oxygens (including phenoxy) is 1. The number of carbonyl (C=O) groups excluding carboxylic acids is 2. The fourth-order valence-electron chi connectivity index (χ4n) is 4.28. The van der Waals surface area contributed by atoms with Crippen molar-refractivity contribution in [3.8, 4) is 0 Å². The molecule has 1 atom stereocenters. The number of carbonyl (C=O) groups is 2. The summed E-state index contributed by atoms with van der Waals surface area (Å²) in [6.45, 7) is 1.11. The van der Waals surface area contributed by atoms with Gasteiger partial charge in [-0.2, -0.15) is 0 Å². The van der Waals surface area contributed by atoms with Crippen molar-refractivity contribution < 1.29 is 14.3 Å². The number of benzene rings is 3. The van der Waals surface area contributed by atoms with Crippen molar-refractivity contribution in [2.24, 2.45) is 4.99 Å². The lowest BCUT2D eigenvalue weighted by atomic mass is 9.92. The van der Waals surface area contributed by atoms with Crippen LogP contribution in [0.2, 0.25) is 10.0 Å². The Bertz CT molecular complexity index is 1430. The first-order valence-electron chi connectivity index (χ1n) is 11.8. The Labute approximate surface area is 224 Å². The van der Waals surface area contributed by atoms with Gasteiger partial charge in [-0.3, -0.25) is 9.79 Å². The third-order valence-corrected chi connectivity index (χ3v) is 6.85. The van der Waals surface area contributed by atoms with Gasteiger partial charge in [-0.1, -0.05) is 77.8 Å². The summed E-state index contributed by atoms with van der Waals surface area (Å²) in [5.41, 5.74) is 4.55. The molecule has 1 unspecified atom stereocenters. The highest BCUT2D eigenvalue weighted by molar-refractivity contribution is 6.42. The molecule has 1 aliphatic heterocycles. The minimum atomic E-state index is -0.941. The van der Waals surface area contributed by atoms with Gasteiger partial charge in [0.15, 0.2) is 0 Å². The molecule has 0 fully saturated rings. The van der Waals surface area contributed by atoms with Gasteiger partial charge in [-0.25, -0.2) is 4.79 Å². The van der Waals surface area contributed by atoms with Crippen LogP contribution in [0.3, 0.4) is 0 Å². The molecule has 0 saturated carbocycles. The van der Waals surface area contributed by atoms with Crippen LogP contribution < -0.4 is 10.2 Å². The van der Waals surface area contributed by atoms with E-state index >= 15 is 0 Å². The number of nitrogens with one attached hydrogen (secondary N) is 1. The maximum atomic E-state index is 13.7. The van der Waals surface area contributed by atoms with Gasteiger partial charge in [0.25, 0.3) is 0 Å². The summed E-state index contributed by atoms with van der Waals surface area (Å²) in [7, 11) is 0. The van der Waals surface area contributed by atoms with Gasteiger partial charge >= 0.3 is 6.09 Å². The molecule has 0 bridgehead atoms. The Morgan fingerprint density at radius 3 is 2.62 bits per heavy atom. The maximum Gasteiger partial charge on any atom is 0.408 e. The van der Waals surface area contributed by atoms with E-state index in [4.69, 9.17) is 27.9 Å². The second-order valence-corrected chi connectivity index (χ2v) is 9.39. The Kier molecular flexibility index (Phi) is 7.40. The molecule has 8 heteroatoms. The third-order valence-electron chi connectivity index (χ3n) is 6.11. The van der Waals surface area contributed by atoms with E-state index in [2.05, 4.69) is 10.3 Å². The number of ketones is 1. The molecule has 1 aliphatic carbocycles. The number of allylic oxidation sites excluding steroid dienone is 2. The minimum Gasteiger partial charge on any atom is -0.445 e. The molecule has 1 heterocycles. The lowest BCUT2D eigenvalue weighted by Crippen LogP contribution is -2.45. The van der Waals surface area contributed by atoms with Crippen LogP contribution in [0.1, 0.15) is 16.7 Å². The number of benzodiazepines with no additional fused rings is 1. The second kappa shape index (κ2) is 11.0. The van der Waals surface area contributed by atoms with E-state index in [-0.39, 0.29) is 12.4 Å². The quantitative estimate of drug-likeness (QED) is 0.433. The second-order valence-electron chi connectivity index (χ2n) is 8.57. The topological polar surface area (TPSA) is 71.0 Å². The monoisotopic (exact) mass is 531 g/mol. The Balaban J connectivity index is 1.47. The van der Waals surface area contributed by atoms with E-state index in [9.17, 15) is 9.59 Å². The lowest BCUT2D eigenvalue weighted by Gasteiger charge is -2.31. The molecule has 0 radical (unpaired) electrons. The average molecular weight is 532 g/mol. The number of hydrogen-bond donors (Lipinski definition) is 1. The van der Waals surface area contributed by atoms with Crippen LogP contribution in [-0.4, -0.2) is 37.2 Å². The van der Waals surface area contributed by atoms with E-state index in [0.29, 0.717) is 28.8 Å². The minimum absolute atomic E-state index is 0.0937. The summed E-state index contributed by atoms with van der Waals surface area (Å²) in [5, 5.41) is 3.55. The van der Waals surface area contributed by atoms with Crippen molar-refractivity contribution in [2.45, 2.75) is 12.6 Å². The standard InChI is InChI=1S/C29H23Cl2N3O3/c30-23-11-10-20(14-24(23)31)22-15-25(33-29(36)37-18-19-6-2-1-3-7-19)28(35)27(16-22)34-13-12-32-17-21-8-4-5-9-26(21)34/h1-11,14-17,25H,12-13,18H2,(H,33,36). The van der Waals surface area contributed by atoms with Gasteiger partial charge in [0, 0.05) is 18.3 Å². The zero-order valence-corrected chi connectivity index (χ0v) is 21.2. The van der Waals surface area contributed by atoms with Gasteiger partial charge in [0.1, 0.15) is 12.6 Å². The van der Waals surface area contributed by atoms with E-state index in [1.54, 1.807) is 18.2 Å². The molecule has 3 aromatic rings. The number of rotatable bonds is 5. The number of para-hydroxylation sites is 1. The third kappa shape index (κ3) is 5.61. The van der Waals surface area contributed by atoms with Gasteiger partial charge in [-0.05, 0) is 47.1 Å². The van der Waals surface area contributed by atoms with E-state index in [1.165, 1.54) is 0 Å². The van der Waals surface area contributed by atoms with Crippen LogP contribution >= 0.6 is 23.2 Å². The summed E-state index contributed by atoms with van der Waals surface area (Å²) in [6.07, 6.45) is 4.65. The molecule has 1 N–H and O–H groups in total. The highest BCUT2D eigenvalue weighted by Crippen LogP contribution is 2.33. The van der Waals surface area contributed by atoms with Crippen molar-refractivity contribution >= 4 is 52.6 Å². The van der Waals surface area contributed by atoms with Crippen LogP contribution in [0.5, 0.6) is 0 Å². The summed E-state index contributed by atoms with van der Waals surface area (Å²) >= 11 is 12.4. The molecule has 2 aliphatic rings. The molecule has 0 aromatic heterocycles. The fraction of sp³-hybridized carbons (Fsp3) is 0.138. The normalized spacial score (nSPS) is 16.9. The molecule has 37 heavy (non-hydrogen) atoms. The van der Waals surface area contributed by atoms with Crippen molar-refractivity contribution in [1.29, 1.82) is 0 Å². The highest BCUT2D eigenvalue weighted by atomic mass is 35.5. The SMILES string of the molecule is O=C(NC1C=C(c2ccc(Cl)c(Cl)c2)C=C(N2CCN=Cc3ccccc32)C1=O)OCc1ccccc1. The number of nitrogens with zero attached hydrogens (tertiary/aromatic N) is 2. The van der Waals surface area contributed by atoms with Crippen molar-refractivity contribution in [3.63, 3.8) is 0 Å². The van der Waals surface area contributed by atoms with Crippen LogP contribution in [0.15, 0.2) is 95.6 Å². The van der Waals surface area contributed by atoms with Gasteiger partial charge in [0.2, 0.25) is 5.78 Å². The summed E-state index contributed by atoms with van der Waals surface area (Å²) in [6, 6.07) is 21.4. The molecule has 186 valence electrons. The van der Waals surface area contributed by atoms with Crippen LogP contribution in [-0.2, 0) is 16.1 Å². The number of alkyl carbamates (subject to hydrolysis) is 1. The predicted molar refractivity (Wildman–Crippen MR) is 147 cm³/mol. The molecule has 3 aromatic carbocycles. The van der Waals surface area contributed by atoms with Crippen LogP contribution in [0, 0.1) is 0 Å². The maximum absolute atomic E-state index is 13.7.